The number of nitrogens with one attached hydrogen (secondary N) is 1. The van der Waals surface area contributed by atoms with Gasteiger partial charge in [-0.15, -0.1) is 11.3 Å². The monoisotopic (exact) mass is 434 g/mol. The Morgan fingerprint density at radius 2 is 2.25 bits per heavy atom. The predicted molar refractivity (Wildman–Crippen MR) is 115 cm³/mol. The van der Waals surface area contributed by atoms with Gasteiger partial charge in [-0.2, -0.15) is 11.8 Å². The summed E-state index contributed by atoms with van der Waals surface area (Å²) in [5, 5.41) is 1.38. The SMILES string of the molecule is Cc1cc(Cl)ccc1OC(=O)CCSCc1nc2sc3c(c2c(=O)[nH]1)CCC3. The van der Waals surface area contributed by atoms with E-state index in [4.69, 9.17) is 16.3 Å². The fourth-order valence-electron chi connectivity index (χ4n) is 3.34. The van der Waals surface area contributed by atoms with Gasteiger partial charge >= 0.3 is 5.97 Å². The van der Waals surface area contributed by atoms with Gasteiger partial charge in [0.05, 0.1) is 17.6 Å². The van der Waals surface area contributed by atoms with E-state index < -0.39 is 0 Å². The van der Waals surface area contributed by atoms with Crippen molar-refractivity contribution in [1.82, 2.24) is 9.97 Å². The molecule has 1 aliphatic rings. The van der Waals surface area contributed by atoms with E-state index in [-0.39, 0.29) is 17.9 Å². The van der Waals surface area contributed by atoms with E-state index in [0.29, 0.717) is 28.1 Å². The Morgan fingerprint density at radius 1 is 1.39 bits per heavy atom. The molecule has 2 heterocycles. The number of fused-ring (bicyclic) bond motifs is 3. The highest BCUT2D eigenvalue weighted by Crippen LogP contribution is 2.34. The molecule has 1 aliphatic carbocycles. The molecule has 1 aromatic carbocycles. The second kappa shape index (κ2) is 8.27. The summed E-state index contributed by atoms with van der Waals surface area (Å²) in [5.41, 5.74) is 1.97. The van der Waals surface area contributed by atoms with E-state index in [1.165, 1.54) is 10.4 Å². The summed E-state index contributed by atoms with van der Waals surface area (Å²) in [6.45, 7) is 1.85. The standard InChI is InChI=1S/C20H19ClN2O3S2/c1-11-9-12(21)5-6-14(11)26-17(24)7-8-27-10-16-22-19(25)18-13-3-2-4-15(13)28-20(18)23-16/h5-6,9H,2-4,7-8,10H2,1H3,(H,22,23,25). The lowest BCUT2D eigenvalue weighted by Crippen LogP contribution is -2.12. The number of hydrogen-bond donors (Lipinski definition) is 1. The summed E-state index contributed by atoms with van der Waals surface area (Å²) in [4.78, 5) is 34.1. The number of ether oxygens (including phenoxy) is 1. The molecular weight excluding hydrogens is 416 g/mol. The number of halogens is 1. The van der Waals surface area contributed by atoms with Gasteiger partial charge in [0, 0.05) is 15.7 Å². The lowest BCUT2D eigenvalue weighted by atomic mass is 10.2. The van der Waals surface area contributed by atoms with Gasteiger partial charge in [0.2, 0.25) is 0 Å². The van der Waals surface area contributed by atoms with E-state index in [1.807, 2.05) is 6.92 Å². The van der Waals surface area contributed by atoms with Gasteiger partial charge in [-0.25, -0.2) is 4.98 Å². The van der Waals surface area contributed by atoms with Crippen molar-refractivity contribution in [2.24, 2.45) is 0 Å². The predicted octanol–water partition coefficient (Wildman–Crippen LogP) is 4.66. The van der Waals surface area contributed by atoms with Gasteiger partial charge < -0.3 is 9.72 Å². The molecule has 28 heavy (non-hydrogen) atoms. The number of aryl methyl sites for hydroxylation is 3. The molecule has 0 aliphatic heterocycles. The second-order valence-corrected chi connectivity index (χ2v) is 9.36. The molecule has 1 N–H and O–H groups in total. The second-order valence-electron chi connectivity index (χ2n) is 6.74. The number of hydrogen-bond acceptors (Lipinski definition) is 6. The van der Waals surface area contributed by atoms with Crippen molar-refractivity contribution in [3.05, 3.63) is 55.4 Å². The van der Waals surface area contributed by atoms with Crippen LogP contribution in [0.3, 0.4) is 0 Å². The summed E-state index contributed by atoms with van der Waals surface area (Å²) in [5.74, 6) is 2.05. The average molecular weight is 435 g/mol. The number of carbonyl (C=O) groups excluding carboxylic acids is 1. The lowest BCUT2D eigenvalue weighted by molar-refractivity contribution is -0.133. The van der Waals surface area contributed by atoms with Crippen LogP contribution in [0.5, 0.6) is 5.75 Å². The number of H-pyrrole nitrogens is 1. The third-order valence-electron chi connectivity index (χ3n) is 4.67. The first-order chi connectivity index (χ1) is 13.5. The molecule has 0 atom stereocenters. The van der Waals surface area contributed by atoms with E-state index in [1.54, 1.807) is 41.3 Å². The highest BCUT2D eigenvalue weighted by Gasteiger charge is 2.21. The Kier molecular flexibility index (Phi) is 5.75. The zero-order valence-corrected chi connectivity index (χ0v) is 17.7. The van der Waals surface area contributed by atoms with Crippen molar-refractivity contribution in [3.8, 4) is 5.75 Å². The molecule has 0 saturated heterocycles. The first-order valence-electron chi connectivity index (χ1n) is 9.09. The van der Waals surface area contributed by atoms with Crippen LogP contribution in [-0.2, 0) is 23.4 Å². The minimum atomic E-state index is -0.287. The molecule has 0 amide bonds. The van der Waals surface area contributed by atoms with Crippen LogP contribution in [0.4, 0.5) is 0 Å². The first-order valence-corrected chi connectivity index (χ1v) is 11.4. The molecule has 0 spiro atoms. The maximum Gasteiger partial charge on any atom is 0.312 e. The number of esters is 1. The molecule has 0 fully saturated rings. The molecular formula is C20H19ClN2O3S2. The van der Waals surface area contributed by atoms with Gasteiger partial charge in [-0.05, 0) is 55.5 Å². The van der Waals surface area contributed by atoms with Crippen LogP contribution in [-0.4, -0.2) is 21.7 Å². The quantitative estimate of drug-likeness (QED) is 0.347. The fraction of sp³-hybridized carbons (Fsp3) is 0.350. The van der Waals surface area contributed by atoms with Crippen LogP contribution in [0, 0.1) is 6.92 Å². The van der Waals surface area contributed by atoms with Gasteiger partial charge in [0.25, 0.3) is 5.56 Å². The molecule has 3 aromatic rings. The van der Waals surface area contributed by atoms with Crippen molar-refractivity contribution in [2.75, 3.05) is 5.75 Å². The minimum absolute atomic E-state index is 0.0439. The smallest absolute Gasteiger partial charge is 0.312 e. The zero-order chi connectivity index (χ0) is 19.7. The maximum atomic E-state index is 12.4. The van der Waals surface area contributed by atoms with Crippen LogP contribution in [0.2, 0.25) is 5.02 Å². The first kappa shape index (κ1) is 19.5. The Hall–Kier alpha value is -1.83. The normalized spacial score (nSPS) is 13.1. The van der Waals surface area contributed by atoms with Crippen molar-refractivity contribution in [1.29, 1.82) is 0 Å². The van der Waals surface area contributed by atoms with Crippen LogP contribution in [0.1, 0.15) is 34.7 Å². The van der Waals surface area contributed by atoms with Crippen LogP contribution < -0.4 is 10.3 Å². The molecule has 0 unspecified atom stereocenters. The Balaban J connectivity index is 1.31. The van der Waals surface area contributed by atoms with Gasteiger partial charge in [0.1, 0.15) is 16.4 Å². The minimum Gasteiger partial charge on any atom is -0.426 e. The number of nitrogens with zero attached hydrogens (tertiary/aromatic N) is 1. The molecule has 0 radical (unpaired) electrons. The number of aromatic nitrogens is 2. The highest BCUT2D eigenvalue weighted by atomic mass is 35.5. The largest absolute Gasteiger partial charge is 0.426 e. The number of thioether (sulfide) groups is 1. The van der Waals surface area contributed by atoms with Crippen LogP contribution in [0.25, 0.3) is 10.2 Å². The zero-order valence-electron chi connectivity index (χ0n) is 15.3. The maximum absolute atomic E-state index is 12.4. The van der Waals surface area contributed by atoms with Crippen LogP contribution >= 0.6 is 34.7 Å². The van der Waals surface area contributed by atoms with E-state index in [0.717, 1.165) is 35.0 Å². The Bertz CT molecular complexity index is 1110. The third kappa shape index (κ3) is 4.11. The van der Waals surface area contributed by atoms with E-state index >= 15 is 0 Å². The molecule has 146 valence electrons. The molecule has 5 nitrogen and oxygen atoms in total. The summed E-state index contributed by atoms with van der Waals surface area (Å²) in [6.07, 6.45) is 3.44. The number of aromatic amines is 1. The van der Waals surface area contributed by atoms with Crippen molar-refractivity contribution in [3.63, 3.8) is 0 Å². The lowest BCUT2D eigenvalue weighted by Gasteiger charge is -2.07. The number of carbonyl (C=O) groups is 1. The summed E-state index contributed by atoms with van der Waals surface area (Å²) in [7, 11) is 0. The van der Waals surface area contributed by atoms with Crippen molar-refractivity contribution >= 4 is 50.9 Å². The molecule has 2 aromatic heterocycles. The molecule has 0 bridgehead atoms. The summed E-state index contributed by atoms with van der Waals surface area (Å²) >= 11 is 9.10. The number of thiophene rings is 1. The highest BCUT2D eigenvalue weighted by molar-refractivity contribution is 7.98. The van der Waals surface area contributed by atoms with Crippen molar-refractivity contribution in [2.45, 2.75) is 38.4 Å². The molecule has 4 rings (SSSR count). The van der Waals surface area contributed by atoms with Crippen LogP contribution in [0.15, 0.2) is 23.0 Å². The van der Waals surface area contributed by atoms with E-state index in [9.17, 15) is 9.59 Å². The molecule has 8 heteroatoms. The number of rotatable bonds is 6. The Labute approximate surface area is 175 Å². The third-order valence-corrected chi connectivity index (χ3v) is 7.07. The van der Waals surface area contributed by atoms with E-state index in [2.05, 4.69) is 9.97 Å². The fourth-order valence-corrected chi connectivity index (χ4v) is 5.63. The Morgan fingerprint density at radius 3 is 3.07 bits per heavy atom. The number of benzene rings is 1. The van der Waals surface area contributed by atoms with Gasteiger partial charge in [0.15, 0.2) is 0 Å². The topological polar surface area (TPSA) is 72.0 Å². The molecule has 0 saturated carbocycles. The van der Waals surface area contributed by atoms with Crippen molar-refractivity contribution < 1.29 is 9.53 Å². The van der Waals surface area contributed by atoms with Gasteiger partial charge in [-0.3, -0.25) is 9.59 Å². The summed E-state index contributed by atoms with van der Waals surface area (Å²) in [6, 6.07) is 5.16. The average Bonchev–Trinajstić information content (AvgIpc) is 3.22. The van der Waals surface area contributed by atoms with Gasteiger partial charge in [-0.1, -0.05) is 11.6 Å². The summed E-state index contributed by atoms with van der Waals surface area (Å²) < 4.78 is 5.38.